The fourth-order valence-electron chi connectivity index (χ4n) is 3.31. The van der Waals surface area contributed by atoms with Gasteiger partial charge in [0.15, 0.2) is 14.2 Å². The first kappa shape index (κ1) is 24.9. The third kappa shape index (κ3) is 6.19. The van der Waals surface area contributed by atoms with Crippen molar-refractivity contribution in [2.24, 2.45) is 10.1 Å². The van der Waals surface area contributed by atoms with Gasteiger partial charge in [-0.1, -0.05) is 23.7 Å². The number of rotatable bonds is 10. The minimum Gasteiger partial charge on any atom is -0.459 e. The molecule has 0 amide bonds. The number of ether oxygens (including phenoxy) is 1. The lowest BCUT2D eigenvalue weighted by atomic mass is 9.95. The number of esters is 1. The zero-order chi connectivity index (χ0) is 23.4. The van der Waals surface area contributed by atoms with E-state index in [9.17, 15) is 4.79 Å². The molecular formula is C22H30ClN2O6P. The fraction of sp³-hybridized carbons (Fsp3) is 0.591. The van der Waals surface area contributed by atoms with E-state index in [1.807, 2.05) is 58.9 Å². The van der Waals surface area contributed by atoms with Crippen LogP contribution in [-0.4, -0.2) is 42.2 Å². The molecule has 0 bridgehead atoms. The van der Waals surface area contributed by atoms with Gasteiger partial charge in [-0.25, -0.2) is 0 Å². The van der Waals surface area contributed by atoms with Crippen molar-refractivity contribution in [3.63, 3.8) is 0 Å². The van der Waals surface area contributed by atoms with Crippen molar-refractivity contribution in [3.05, 3.63) is 34.9 Å². The summed E-state index contributed by atoms with van der Waals surface area (Å²) in [7, 11) is -1.56. The molecular weight excluding hydrogens is 455 g/mol. The molecule has 8 nitrogen and oxygen atoms in total. The summed E-state index contributed by atoms with van der Waals surface area (Å²) in [5.41, 5.74) is -0.661. The number of carbonyl (C=O) groups excluding carboxylic acids is 1. The molecule has 10 heteroatoms. The Kier molecular flexibility index (Phi) is 8.15. The van der Waals surface area contributed by atoms with Crippen LogP contribution in [0.2, 0.25) is 5.02 Å². The second-order valence-corrected chi connectivity index (χ2v) is 10.7. The van der Waals surface area contributed by atoms with Gasteiger partial charge in [-0.3, -0.25) is 9.68 Å². The van der Waals surface area contributed by atoms with Gasteiger partial charge >= 0.3 is 5.97 Å². The summed E-state index contributed by atoms with van der Waals surface area (Å²) in [5, 5.41) is 4.71. The van der Waals surface area contributed by atoms with Crippen LogP contribution in [0.3, 0.4) is 0 Å². The fourth-order valence-corrected chi connectivity index (χ4v) is 4.91. The highest BCUT2D eigenvalue weighted by atomic mass is 35.5. The van der Waals surface area contributed by atoms with Gasteiger partial charge in [0, 0.05) is 5.02 Å². The van der Waals surface area contributed by atoms with Gasteiger partial charge in [0.25, 0.3) is 5.90 Å². The van der Waals surface area contributed by atoms with Crippen molar-refractivity contribution in [2.45, 2.75) is 70.6 Å². The van der Waals surface area contributed by atoms with E-state index in [2.05, 4.69) is 10.1 Å². The lowest BCUT2D eigenvalue weighted by Gasteiger charge is -2.28. The predicted octanol–water partition coefficient (Wildman–Crippen LogP) is 5.53. The number of hydrogen-bond acceptors (Lipinski definition) is 8. The van der Waals surface area contributed by atoms with Crippen molar-refractivity contribution >= 4 is 37.7 Å². The summed E-state index contributed by atoms with van der Waals surface area (Å²) in [6.45, 7) is 9.96. The minimum atomic E-state index is -1.56. The lowest BCUT2D eigenvalue weighted by Crippen LogP contribution is -2.34. The summed E-state index contributed by atoms with van der Waals surface area (Å²) in [5.74, 6) is 0.318. The number of nitrogens with zero attached hydrogens (tertiary/aromatic N) is 2. The molecule has 1 aliphatic carbocycles. The average molecular weight is 485 g/mol. The van der Waals surface area contributed by atoms with Crippen molar-refractivity contribution in [2.75, 3.05) is 13.2 Å². The van der Waals surface area contributed by atoms with E-state index in [4.69, 9.17) is 35.3 Å². The Hall–Kier alpha value is -1.73. The Bertz CT molecular complexity index is 858. The molecule has 0 radical (unpaired) electrons. The first-order valence-corrected chi connectivity index (χ1v) is 12.3. The third-order valence-electron chi connectivity index (χ3n) is 4.88. The molecule has 0 spiro atoms. The van der Waals surface area contributed by atoms with Gasteiger partial charge in [-0.15, -0.1) is 0 Å². The molecule has 1 aliphatic heterocycles. The van der Waals surface area contributed by atoms with Gasteiger partial charge in [-0.05, 0) is 70.3 Å². The summed E-state index contributed by atoms with van der Waals surface area (Å²) in [4.78, 5) is 27.9. The highest BCUT2D eigenvalue weighted by Gasteiger charge is 2.51. The van der Waals surface area contributed by atoms with E-state index in [0.717, 1.165) is 18.4 Å². The maximum Gasteiger partial charge on any atom is 0.319 e. The topological polar surface area (TPSA) is 87.9 Å². The summed E-state index contributed by atoms with van der Waals surface area (Å²) in [6.07, 6.45) is 1.87. The number of benzene rings is 1. The highest BCUT2D eigenvalue weighted by Crippen LogP contribution is 2.51. The van der Waals surface area contributed by atoms with Gasteiger partial charge in [0.2, 0.25) is 0 Å². The number of halogens is 1. The standard InChI is InChI=1S/C22H30ClN2O6P/c1-6-27-32(28-7-2)17(19(26)29-21(3,4)5)14-18-24-20(25-31-30-18)22(12-13-22)15-8-10-16(23)11-9-15/h8-11,17H,6-7,12-14H2,1-5H3. The molecule has 2 aliphatic rings. The third-order valence-corrected chi connectivity index (χ3v) is 7.06. The quantitative estimate of drug-likeness (QED) is 0.246. The zero-order valence-electron chi connectivity index (χ0n) is 19.1. The van der Waals surface area contributed by atoms with E-state index in [0.29, 0.717) is 24.1 Å². The number of amidine groups is 1. The average Bonchev–Trinajstić information content (AvgIpc) is 3.53. The molecule has 1 aromatic carbocycles. The molecule has 176 valence electrons. The Morgan fingerprint density at radius 2 is 1.81 bits per heavy atom. The minimum absolute atomic E-state index is 0.107. The van der Waals surface area contributed by atoms with Crippen molar-refractivity contribution in [1.82, 2.24) is 0 Å². The van der Waals surface area contributed by atoms with E-state index >= 15 is 0 Å². The number of carbonyl (C=O) groups is 1. The van der Waals surface area contributed by atoms with Crippen molar-refractivity contribution < 1.29 is 28.5 Å². The molecule has 1 fully saturated rings. The van der Waals surface area contributed by atoms with Crippen LogP contribution in [0.5, 0.6) is 0 Å². The molecule has 1 atom stereocenters. The highest BCUT2D eigenvalue weighted by molar-refractivity contribution is 7.49. The largest absolute Gasteiger partial charge is 0.459 e. The van der Waals surface area contributed by atoms with E-state index in [-0.39, 0.29) is 17.7 Å². The van der Waals surface area contributed by atoms with Crippen LogP contribution >= 0.6 is 20.0 Å². The lowest BCUT2D eigenvalue weighted by molar-refractivity contribution is -0.228. The predicted molar refractivity (Wildman–Crippen MR) is 124 cm³/mol. The smallest absolute Gasteiger partial charge is 0.319 e. The molecule has 0 N–H and O–H groups in total. The summed E-state index contributed by atoms with van der Waals surface area (Å²) < 4.78 is 17.1. The van der Waals surface area contributed by atoms with E-state index < -0.39 is 25.6 Å². The summed E-state index contributed by atoms with van der Waals surface area (Å²) >= 11 is 6.04. The number of aliphatic imine (C=N–C) groups is 1. The van der Waals surface area contributed by atoms with E-state index in [1.54, 1.807) is 0 Å². The molecule has 1 aromatic rings. The second kappa shape index (κ2) is 10.5. The van der Waals surface area contributed by atoms with Crippen LogP contribution in [0.15, 0.2) is 34.4 Å². The second-order valence-electron chi connectivity index (χ2n) is 8.54. The van der Waals surface area contributed by atoms with Crippen LogP contribution < -0.4 is 0 Å². The Morgan fingerprint density at radius 3 is 2.34 bits per heavy atom. The van der Waals surface area contributed by atoms with Gasteiger partial charge in [0.1, 0.15) is 11.3 Å². The first-order chi connectivity index (χ1) is 15.2. The van der Waals surface area contributed by atoms with Crippen LogP contribution in [-0.2, 0) is 33.9 Å². The zero-order valence-corrected chi connectivity index (χ0v) is 20.7. The van der Waals surface area contributed by atoms with Gasteiger partial charge in [-0.2, -0.15) is 9.98 Å². The summed E-state index contributed by atoms with van der Waals surface area (Å²) in [6, 6.07) is 7.63. The Morgan fingerprint density at radius 1 is 1.19 bits per heavy atom. The van der Waals surface area contributed by atoms with Crippen LogP contribution in [0.25, 0.3) is 0 Å². The molecule has 1 heterocycles. The molecule has 1 saturated carbocycles. The van der Waals surface area contributed by atoms with Gasteiger partial charge in [0.05, 0.1) is 25.0 Å². The monoisotopic (exact) mass is 484 g/mol. The number of hydrogen-bond donors (Lipinski definition) is 0. The maximum absolute atomic E-state index is 13.0. The van der Waals surface area contributed by atoms with Gasteiger partial charge < -0.3 is 13.8 Å². The van der Waals surface area contributed by atoms with Crippen molar-refractivity contribution in [1.29, 1.82) is 0 Å². The maximum atomic E-state index is 13.0. The molecule has 0 aromatic heterocycles. The molecule has 1 unspecified atom stereocenters. The molecule has 0 saturated heterocycles. The van der Waals surface area contributed by atoms with Crippen LogP contribution in [0.1, 0.15) is 59.4 Å². The molecule has 32 heavy (non-hydrogen) atoms. The molecule has 3 rings (SSSR count). The first-order valence-electron chi connectivity index (χ1n) is 10.7. The number of oxime groups is 1. The Labute approximate surface area is 195 Å². The Balaban J connectivity index is 1.83. The van der Waals surface area contributed by atoms with Crippen LogP contribution in [0.4, 0.5) is 0 Å². The normalized spacial score (nSPS) is 18.2. The van der Waals surface area contributed by atoms with Crippen LogP contribution in [0, 0.1) is 0 Å². The van der Waals surface area contributed by atoms with E-state index in [1.165, 1.54) is 0 Å². The SMILES string of the molecule is CCOP(OCC)C(CC1=NC(C2(c3ccc(Cl)cc3)CC2)=NOO1)C(=O)OC(C)(C)C. The van der Waals surface area contributed by atoms with Crippen molar-refractivity contribution in [3.8, 4) is 0 Å².